The van der Waals surface area contributed by atoms with E-state index in [0.29, 0.717) is 5.69 Å². The van der Waals surface area contributed by atoms with Crippen molar-refractivity contribution in [1.82, 2.24) is 10.1 Å². The molecule has 0 aliphatic heterocycles. The number of rotatable bonds is 5. The first-order valence-electron chi connectivity index (χ1n) is 6.38. The number of aromatic nitrogens is 2. The standard InChI is InChI=1S/C14H15N3O4/c1-9-3-5-11(6-4-9)17(8-7-12(18)19)14(20)13-15-10(2)21-16-13/h3-6H,7-8H2,1-2H3,(H,18,19). The van der Waals surface area contributed by atoms with Crippen LogP contribution in [0.25, 0.3) is 0 Å². The van der Waals surface area contributed by atoms with Gasteiger partial charge in [0, 0.05) is 19.2 Å². The number of aryl methyl sites for hydroxylation is 2. The first-order valence-corrected chi connectivity index (χ1v) is 6.38. The summed E-state index contributed by atoms with van der Waals surface area (Å²) < 4.78 is 4.79. The molecular weight excluding hydrogens is 274 g/mol. The van der Waals surface area contributed by atoms with Gasteiger partial charge >= 0.3 is 5.97 Å². The average Bonchev–Trinajstić information content (AvgIpc) is 2.87. The molecule has 2 aromatic rings. The number of hydrogen-bond donors (Lipinski definition) is 1. The van der Waals surface area contributed by atoms with Crippen molar-refractivity contribution in [3.05, 3.63) is 41.5 Å². The summed E-state index contributed by atoms with van der Waals surface area (Å²) in [5, 5.41) is 12.4. The zero-order valence-corrected chi connectivity index (χ0v) is 11.7. The molecule has 0 aliphatic rings. The van der Waals surface area contributed by atoms with Crippen LogP contribution in [-0.2, 0) is 4.79 Å². The summed E-state index contributed by atoms with van der Waals surface area (Å²) in [6.45, 7) is 3.54. The number of benzene rings is 1. The van der Waals surface area contributed by atoms with Crippen LogP contribution in [0.3, 0.4) is 0 Å². The molecule has 0 saturated carbocycles. The van der Waals surface area contributed by atoms with Gasteiger partial charge in [-0.2, -0.15) is 4.98 Å². The van der Waals surface area contributed by atoms with E-state index < -0.39 is 11.9 Å². The summed E-state index contributed by atoms with van der Waals surface area (Å²) in [4.78, 5) is 28.4. The second-order valence-corrected chi connectivity index (χ2v) is 4.57. The van der Waals surface area contributed by atoms with E-state index in [1.165, 1.54) is 4.90 Å². The van der Waals surface area contributed by atoms with Crippen LogP contribution < -0.4 is 4.90 Å². The summed E-state index contributed by atoms with van der Waals surface area (Å²) in [6, 6.07) is 7.19. The van der Waals surface area contributed by atoms with Crippen molar-refractivity contribution < 1.29 is 19.2 Å². The topological polar surface area (TPSA) is 96.5 Å². The highest BCUT2D eigenvalue weighted by atomic mass is 16.5. The van der Waals surface area contributed by atoms with E-state index >= 15 is 0 Å². The minimum absolute atomic E-state index is 0.0326. The maximum Gasteiger partial charge on any atom is 0.305 e. The molecule has 0 atom stereocenters. The summed E-state index contributed by atoms with van der Waals surface area (Å²) in [6.07, 6.45) is -0.170. The number of carbonyl (C=O) groups is 2. The Morgan fingerprint density at radius 2 is 1.90 bits per heavy atom. The first-order chi connectivity index (χ1) is 9.97. The number of carboxylic acid groups (broad SMARTS) is 1. The van der Waals surface area contributed by atoms with Gasteiger partial charge in [-0.3, -0.25) is 9.59 Å². The van der Waals surface area contributed by atoms with E-state index in [1.54, 1.807) is 19.1 Å². The fraction of sp³-hybridized carbons (Fsp3) is 0.286. The predicted molar refractivity (Wildman–Crippen MR) is 74.1 cm³/mol. The van der Waals surface area contributed by atoms with Gasteiger partial charge in [0.2, 0.25) is 5.89 Å². The first kappa shape index (κ1) is 14.7. The molecule has 1 aromatic heterocycles. The quantitative estimate of drug-likeness (QED) is 0.901. The lowest BCUT2D eigenvalue weighted by molar-refractivity contribution is -0.136. The molecule has 0 unspecified atom stereocenters. The average molecular weight is 289 g/mol. The second-order valence-electron chi connectivity index (χ2n) is 4.57. The Bertz CT molecular complexity index is 648. The smallest absolute Gasteiger partial charge is 0.305 e. The van der Waals surface area contributed by atoms with Crippen LogP contribution in [0.1, 0.15) is 28.5 Å². The lowest BCUT2D eigenvalue weighted by atomic mass is 10.2. The van der Waals surface area contributed by atoms with Crippen LogP contribution in [0.2, 0.25) is 0 Å². The van der Waals surface area contributed by atoms with Crippen LogP contribution in [0.4, 0.5) is 5.69 Å². The fourth-order valence-corrected chi connectivity index (χ4v) is 1.79. The van der Waals surface area contributed by atoms with Crippen LogP contribution in [-0.4, -0.2) is 33.7 Å². The number of nitrogens with zero attached hydrogens (tertiary/aromatic N) is 3. The van der Waals surface area contributed by atoms with Gasteiger partial charge in [0.05, 0.1) is 6.42 Å². The molecule has 1 N–H and O–H groups in total. The van der Waals surface area contributed by atoms with Gasteiger partial charge in [-0.15, -0.1) is 0 Å². The molecular formula is C14H15N3O4. The molecule has 7 heteroatoms. The van der Waals surface area contributed by atoms with Crippen molar-refractivity contribution in [2.24, 2.45) is 0 Å². The van der Waals surface area contributed by atoms with Gasteiger partial charge < -0.3 is 14.5 Å². The molecule has 0 saturated heterocycles. The maximum atomic E-state index is 12.4. The van der Waals surface area contributed by atoms with Crippen molar-refractivity contribution in [1.29, 1.82) is 0 Å². The Balaban J connectivity index is 2.28. The maximum absolute atomic E-state index is 12.4. The Morgan fingerprint density at radius 1 is 1.24 bits per heavy atom. The van der Waals surface area contributed by atoms with Crippen LogP contribution in [0.5, 0.6) is 0 Å². The Morgan fingerprint density at radius 3 is 2.43 bits per heavy atom. The third-order valence-electron chi connectivity index (χ3n) is 2.86. The van der Waals surface area contributed by atoms with Gasteiger partial charge in [-0.05, 0) is 19.1 Å². The van der Waals surface area contributed by atoms with Gasteiger partial charge in [-0.25, -0.2) is 0 Å². The molecule has 0 aliphatic carbocycles. The Kier molecular flexibility index (Phi) is 4.32. The molecule has 2 rings (SSSR count). The van der Waals surface area contributed by atoms with Gasteiger partial charge in [-0.1, -0.05) is 22.9 Å². The summed E-state index contributed by atoms with van der Waals surface area (Å²) in [5.41, 5.74) is 1.63. The van der Waals surface area contributed by atoms with Crippen molar-refractivity contribution in [3.63, 3.8) is 0 Å². The molecule has 1 heterocycles. The van der Waals surface area contributed by atoms with E-state index in [2.05, 4.69) is 10.1 Å². The van der Waals surface area contributed by atoms with E-state index in [9.17, 15) is 9.59 Å². The third-order valence-corrected chi connectivity index (χ3v) is 2.86. The van der Waals surface area contributed by atoms with Crippen molar-refractivity contribution in [2.75, 3.05) is 11.4 Å². The summed E-state index contributed by atoms with van der Waals surface area (Å²) in [7, 11) is 0. The van der Waals surface area contributed by atoms with Crippen molar-refractivity contribution in [2.45, 2.75) is 20.3 Å². The number of hydrogen-bond acceptors (Lipinski definition) is 5. The summed E-state index contributed by atoms with van der Waals surface area (Å²) in [5.74, 6) is -1.28. The lowest BCUT2D eigenvalue weighted by Gasteiger charge is -2.20. The highest BCUT2D eigenvalue weighted by Crippen LogP contribution is 2.17. The minimum atomic E-state index is -0.982. The third kappa shape index (κ3) is 3.65. The van der Waals surface area contributed by atoms with E-state index in [1.807, 2.05) is 19.1 Å². The lowest BCUT2D eigenvalue weighted by Crippen LogP contribution is -2.33. The highest BCUT2D eigenvalue weighted by Gasteiger charge is 2.23. The second kappa shape index (κ2) is 6.17. The van der Waals surface area contributed by atoms with E-state index in [4.69, 9.17) is 9.63 Å². The monoisotopic (exact) mass is 289 g/mol. The number of amides is 1. The predicted octanol–water partition coefficient (Wildman–Crippen LogP) is 1.81. The molecule has 0 bridgehead atoms. The zero-order chi connectivity index (χ0) is 15.4. The van der Waals surface area contributed by atoms with Crippen molar-refractivity contribution >= 4 is 17.6 Å². The SMILES string of the molecule is Cc1ccc(N(CCC(=O)O)C(=O)c2noc(C)n2)cc1. The number of aliphatic carboxylic acids is 1. The van der Waals surface area contributed by atoms with Crippen LogP contribution in [0.15, 0.2) is 28.8 Å². The van der Waals surface area contributed by atoms with Gasteiger partial charge in [0.1, 0.15) is 0 Å². The van der Waals surface area contributed by atoms with Crippen molar-refractivity contribution in [3.8, 4) is 0 Å². The largest absolute Gasteiger partial charge is 0.481 e. The van der Waals surface area contributed by atoms with Crippen LogP contribution >= 0.6 is 0 Å². The molecule has 0 fully saturated rings. The highest BCUT2D eigenvalue weighted by molar-refractivity contribution is 6.03. The van der Waals surface area contributed by atoms with E-state index in [-0.39, 0.29) is 24.7 Å². The van der Waals surface area contributed by atoms with E-state index in [0.717, 1.165) is 5.56 Å². The molecule has 1 amide bonds. The molecule has 0 radical (unpaired) electrons. The Labute approximate surface area is 121 Å². The fourth-order valence-electron chi connectivity index (χ4n) is 1.79. The molecule has 1 aromatic carbocycles. The molecule has 21 heavy (non-hydrogen) atoms. The Hall–Kier alpha value is -2.70. The molecule has 7 nitrogen and oxygen atoms in total. The van der Waals surface area contributed by atoms with Gasteiger partial charge in [0.25, 0.3) is 11.7 Å². The normalized spacial score (nSPS) is 10.4. The zero-order valence-electron chi connectivity index (χ0n) is 11.7. The summed E-state index contributed by atoms with van der Waals surface area (Å²) >= 11 is 0. The molecule has 0 spiro atoms. The number of carboxylic acids is 1. The number of carbonyl (C=O) groups excluding carboxylic acids is 1. The van der Waals surface area contributed by atoms with Crippen LogP contribution in [0, 0.1) is 13.8 Å². The minimum Gasteiger partial charge on any atom is -0.481 e. The van der Waals surface area contributed by atoms with Gasteiger partial charge in [0.15, 0.2) is 0 Å². The molecule has 110 valence electrons. The number of anilines is 1.